The molecule has 0 bridgehead atoms. The molecule has 0 unspecified atom stereocenters. The zero-order chi connectivity index (χ0) is 28.5. The van der Waals surface area contributed by atoms with Gasteiger partial charge >= 0.3 is 0 Å². The average molecular weight is 539 g/mol. The maximum atomic E-state index is 12.7. The third-order valence-electron chi connectivity index (χ3n) is 6.71. The van der Waals surface area contributed by atoms with Crippen molar-refractivity contribution in [1.82, 2.24) is 10.3 Å². The molecular formula is C32H34N4O4. The number of carbonyl (C=O) groups excluding carboxylic acids is 3. The number of fused-ring (bicyclic) bond motifs is 1. The van der Waals surface area contributed by atoms with Gasteiger partial charge in [-0.2, -0.15) is 0 Å². The van der Waals surface area contributed by atoms with E-state index in [1.165, 1.54) is 6.20 Å². The highest BCUT2D eigenvalue weighted by molar-refractivity contribution is 6.08. The monoisotopic (exact) mass is 538 g/mol. The number of hydrogen-bond acceptors (Lipinski definition) is 6. The van der Waals surface area contributed by atoms with E-state index in [1.807, 2.05) is 55.5 Å². The van der Waals surface area contributed by atoms with Crippen molar-refractivity contribution in [3.05, 3.63) is 94.7 Å². The number of hydrogen-bond donors (Lipinski definition) is 3. The Labute approximate surface area is 233 Å². The number of benzene rings is 3. The maximum absolute atomic E-state index is 12.7. The van der Waals surface area contributed by atoms with Gasteiger partial charge in [0.2, 0.25) is 0 Å². The molecule has 0 radical (unpaired) electrons. The van der Waals surface area contributed by atoms with Crippen LogP contribution in [0.25, 0.3) is 10.9 Å². The Kier molecular flexibility index (Phi) is 9.46. The molecule has 0 saturated heterocycles. The average Bonchev–Trinajstić information content (AvgIpc) is 2.95. The molecule has 8 nitrogen and oxygen atoms in total. The zero-order valence-corrected chi connectivity index (χ0v) is 22.8. The van der Waals surface area contributed by atoms with Crippen molar-refractivity contribution in [1.29, 1.82) is 0 Å². The number of amides is 2. The Morgan fingerprint density at radius 1 is 1.00 bits per heavy atom. The first-order valence-corrected chi connectivity index (χ1v) is 13.3. The SMILES string of the molecule is COc1cccc(Nc2c(C(N)=O)cnc3c(C)cc(Cc4cccc(C(=O)NCCCCCC=O)c4)cc23)c1. The van der Waals surface area contributed by atoms with Crippen LogP contribution >= 0.6 is 0 Å². The molecule has 0 spiro atoms. The fourth-order valence-corrected chi connectivity index (χ4v) is 4.72. The lowest BCUT2D eigenvalue weighted by atomic mass is 9.97. The first-order valence-electron chi connectivity index (χ1n) is 13.3. The number of carbonyl (C=O) groups is 3. The van der Waals surface area contributed by atoms with E-state index in [9.17, 15) is 14.4 Å². The molecule has 4 rings (SSSR count). The molecule has 0 aliphatic rings. The number of nitrogens with zero attached hydrogens (tertiary/aromatic N) is 1. The Morgan fingerprint density at radius 3 is 2.60 bits per heavy atom. The normalized spacial score (nSPS) is 10.8. The summed E-state index contributed by atoms with van der Waals surface area (Å²) in [6, 6.07) is 19.1. The van der Waals surface area contributed by atoms with Crippen LogP contribution in [0.4, 0.5) is 11.4 Å². The van der Waals surface area contributed by atoms with Crippen LogP contribution in [-0.2, 0) is 11.2 Å². The van der Waals surface area contributed by atoms with Gasteiger partial charge in [-0.25, -0.2) is 0 Å². The van der Waals surface area contributed by atoms with Crippen molar-refractivity contribution in [3.8, 4) is 5.75 Å². The molecule has 0 aliphatic carbocycles. The second kappa shape index (κ2) is 13.4. The zero-order valence-electron chi connectivity index (χ0n) is 22.8. The molecule has 3 aromatic carbocycles. The van der Waals surface area contributed by atoms with Crippen molar-refractivity contribution in [2.45, 2.75) is 39.0 Å². The van der Waals surface area contributed by atoms with Gasteiger partial charge in [0.15, 0.2) is 0 Å². The molecule has 0 saturated carbocycles. The van der Waals surface area contributed by atoms with Gasteiger partial charge in [0.1, 0.15) is 12.0 Å². The van der Waals surface area contributed by atoms with E-state index in [0.29, 0.717) is 36.4 Å². The molecule has 8 heteroatoms. The van der Waals surface area contributed by atoms with Crippen molar-refractivity contribution >= 4 is 40.4 Å². The summed E-state index contributed by atoms with van der Waals surface area (Å²) in [7, 11) is 1.60. The Hall–Kier alpha value is -4.72. The quantitative estimate of drug-likeness (QED) is 0.153. The van der Waals surface area contributed by atoms with Gasteiger partial charge < -0.3 is 25.9 Å². The summed E-state index contributed by atoms with van der Waals surface area (Å²) in [4.78, 5) is 40.0. The lowest BCUT2D eigenvalue weighted by molar-refractivity contribution is -0.107. The third kappa shape index (κ3) is 7.02. The van der Waals surface area contributed by atoms with Gasteiger partial charge in [-0.15, -0.1) is 0 Å². The summed E-state index contributed by atoms with van der Waals surface area (Å²) >= 11 is 0. The number of methoxy groups -OCH3 is 1. The van der Waals surface area contributed by atoms with Gasteiger partial charge in [-0.3, -0.25) is 14.6 Å². The van der Waals surface area contributed by atoms with Gasteiger partial charge in [-0.1, -0.05) is 30.7 Å². The standard InChI is InChI=1S/C32H34N4O4/c1-21-15-23(16-22-9-7-10-24(17-22)32(39)34-13-5-3-4-6-14-37)18-27-29(21)35-20-28(31(33)38)30(27)36-25-11-8-12-26(19-25)40-2/h7-12,14-15,17-20H,3-6,13,16H2,1-2H3,(H2,33,38)(H,34,39)(H,35,36). The van der Waals surface area contributed by atoms with Crippen LogP contribution < -0.4 is 21.1 Å². The van der Waals surface area contributed by atoms with E-state index in [-0.39, 0.29) is 11.5 Å². The summed E-state index contributed by atoms with van der Waals surface area (Å²) in [6.07, 6.45) is 6.15. The first-order chi connectivity index (χ1) is 19.4. The number of aldehydes is 1. The minimum Gasteiger partial charge on any atom is -0.497 e. The van der Waals surface area contributed by atoms with Crippen molar-refractivity contribution in [3.63, 3.8) is 0 Å². The number of primary amides is 1. The fourth-order valence-electron chi connectivity index (χ4n) is 4.72. The molecule has 1 aromatic heterocycles. The highest BCUT2D eigenvalue weighted by Gasteiger charge is 2.16. The number of pyridine rings is 1. The molecule has 206 valence electrons. The maximum Gasteiger partial charge on any atom is 0.252 e. The fraction of sp³-hybridized carbons (Fsp3) is 0.250. The van der Waals surface area contributed by atoms with Gasteiger partial charge in [0.05, 0.1) is 23.9 Å². The van der Waals surface area contributed by atoms with Gasteiger partial charge in [-0.05, 0) is 73.2 Å². The van der Waals surface area contributed by atoms with Crippen molar-refractivity contribution in [2.75, 3.05) is 19.0 Å². The lowest BCUT2D eigenvalue weighted by Gasteiger charge is -2.16. The predicted octanol–water partition coefficient (Wildman–Crippen LogP) is 5.47. The largest absolute Gasteiger partial charge is 0.497 e. The molecule has 2 amide bonds. The minimum atomic E-state index is -0.578. The van der Waals surface area contributed by atoms with E-state index in [1.54, 1.807) is 13.2 Å². The topological polar surface area (TPSA) is 123 Å². The van der Waals surface area contributed by atoms with Crippen LogP contribution in [0.15, 0.2) is 66.9 Å². The Bertz CT molecular complexity index is 1530. The van der Waals surface area contributed by atoms with E-state index < -0.39 is 5.91 Å². The lowest BCUT2D eigenvalue weighted by Crippen LogP contribution is -2.24. The molecule has 40 heavy (non-hydrogen) atoms. The Morgan fingerprint density at radius 2 is 1.82 bits per heavy atom. The van der Waals surface area contributed by atoms with Gasteiger partial charge in [0.25, 0.3) is 11.8 Å². The second-order valence-corrected chi connectivity index (χ2v) is 9.73. The number of rotatable bonds is 13. The third-order valence-corrected chi connectivity index (χ3v) is 6.71. The number of anilines is 2. The summed E-state index contributed by atoms with van der Waals surface area (Å²) in [5, 5.41) is 7.09. The molecule has 4 aromatic rings. The van der Waals surface area contributed by atoms with Crippen molar-refractivity contribution in [2.24, 2.45) is 5.73 Å². The highest BCUT2D eigenvalue weighted by Crippen LogP contribution is 2.33. The number of nitrogens with two attached hydrogens (primary N) is 1. The van der Waals surface area contributed by atoms with Crippen LogP contribution in [0.5, 0.6) is 5.75 Å². The summed E-state index contributed by atoms with van der Waals surface area (Å²) in [6.45, 7) is 2.56. The summed E-state index contributed by atoms with van der Waals surface area (Å²) < 4.78 is 5.35. The van der Waals surface area contributed by atoms with E-state index in [4.69, 9.17) is 10.5 Å². The van der Waals surface area contributed by atoms with Crippen LogP contribution in [0.1, 0.15) is 63.1 Å². The first kappa shape index (κ1) is 28.3. The number of nitrogens with one attached hydrogen (secondary N) is 2. The molecular weight excluding hydrogens is 504 g/mol. The predicted molar refractivity (Wildman–Crippen MR) is 157 cm³/mol. The molecule has 0 atom stereocenters. The van der Waals surface area contributed by atoms with E-state index >= 15 is 0 Å². The number of aromatic nitrogens is 1. The molecule has 0 fully saturated rings. The summed E-state index contributed by atoms with van der Waals surface area (Å²) in [5.41, 5.74) is 11.7. The minimum absolute atomic E-state index is 0.119. The smallest absolute Gasteiger partial charge is 0.252 e. The summed E-state index contributed by atoms with van der Waals surface area (Å²) in [5.74, 6) is -0.0139. The van der Waals surface area contributed by atoms with Crippen LogP contribution in [0.2, 0.25) is 0 Å². The number of aryl methyl sites for hydroxylation is 1. The molecule has 0 aliphatic heterocycles. The molecule has 4 N–H and O–H groups in total. The number of ether oxygens (including phenoxy) is 1. The van der Waals surface area contributed by atoms with Crippen LogP contribution in [0.3, 0.4) is 0 Å². The van der Waals surface area contributed by atoms with Gasteiger partial charge in [0, 0.05) is 41.9 Å². The van der Waals surface area contributed by atoms with Crippen molar-refractivity contribution < 1.29 is 19.1 Å². The van der Waals surface area contributed by atoms with Crippen LogP contribution in [-0.4, -0.2) is 36.7 Å². The Balaban J connectivity index is 1.60. The van der Waals surface area contributed by atoms with E-state index in [0.717, 1.165) is 58.8 Å². The van der Waals surface area contributed by atoms with Crippen LogP contribution in [0, 0.1) is 6.92 Å². The highest BCUT2D eigenvalue weighted by atomic mass is 16.5. The second-order valence-electron chi connectivity index (χ2n) is 9.73. The van der Waals surface area contributed by atoms with E-state index in [2.05, 4.69) is 21.7 Å². The number of unbranched alkanes of at least 4 members (excludes halogenated alkanes) is 3. The molecule has 1 heterocycles.